The Balaban J connectivity index is 1.56. The molecular formula is C25H38O2. The normalized spacial score (nSPS) is 26.9. The zero-order valence-corrected chi connectivity index (χ0v) is 17.5. The number of benzene rings is 1. The SMILES string of the molecule is CCCCCOC(=O)c1ccc(C23CCC(CCCCC)(CC2)CC3)cc1. The molecule has 0 amide bonds. The summed E-state index contributed by atoms with van der Waals surface area (Å²) in [6, 6.07) is 8.39. The molecule has 0 atom stereocenters. The third kappa shape index (κ3) is 4.76. The fraction of sp³-hybridized carbons (Fsp3) is 0.720. The molecule has 3 aliphatic rings. The lowest BCUT2D eigenvalue weighted by atomic mass is 9.51. The van der Waals surface area contributed by atoms with Crippen LogP contribution in [0.25, 0.3) is 0 Å². The van der Waals surface area contributed by atoms with Crippen molar-refractivity contribution in [2.75, 3.05) is 6.61 Å². The molecule has 27 heavy (non-hydrogen) atoms. The second-order valence-electron chi connectivity index (χ2n) is 9.16. The molecule has 2 heteroatoms. The zero-order valence-electron chi connectivity index (χ0n) is 17.5. The highest BCUT2D eigenvalue weighted by molar-refractivity contribution is 5.89. The van der Waals surface area contributed by atoms with E-state index in [4.69, 9.17) is 4.74 Å². The van der Waals surface area contributed by atoms with Crippen molar-refractivity contribution in [3.8, 4) is 0 Å². The van der Waals surface area contributed by atoms with Gasteiger partial charge >= 0.3 is 5.97 Å². The van der Waals surface area contributed by atoms with E-state index in [1.165, 1.54) is 69.8 Å². The van der Waals surface area contributed by atoms with Gasteiger partial charge in [-0.05, 0) is 79.9 Å². The van der Waals surface area contributed by atoms with Crippen LogP contribution in [0.15, 0.2) is 24.3 Å². The molecule has 150 valence electrons. The van der Waals surface area contributed by atoms with Gasteiger partial charge in [0.15, 0.2) is 0 Å². The summed E-state index contributed by atoms with van der Waals surface area (Å²) in [7, 11) is 0. The molecule has 3 aliphatic carbocycles. The standard InChI is InChI=1S/C25H38O2/c1-3-5-7-13-24-14-17-25(18-15-24,19-16-24)22-11-9-21(10-12-22)23(26)27-20-8-6-4-2/h9-12H,3-8,13-20H2,1-2H3. The van der Waals surface area contributed by atoms with Gasteiger partial charge in [-0.25, -0.2) is 4.79 Å². The van der Waals surface area contributed by atoms with E-state index >= 15 is 0 Å². The summed E-state index contributed by atoms with van der Waals surface area (Å²) >= 11 is 0. The van der Waals surface area contributed by atoms with Gasteiger partial charge in [-0.1, -0.05) is 58.1 Å². The fourth-order valence-electron chi connectivity index (χ4n) is 5.38. The Morgan fingerprint density at radius 2 is 1.44 bits per heavy atom. The largest absolute Gasteiger partial charge is 0.462 e. The zero-order chi connectivity index (χ0) is 19.2. The number of unbranched alkanes of at least 4 members (excludes halogenated alkanes) is 4. The minimum Gasteiger partial charge on any atom is -0.462 e. The van der Waals surface area contributed by atoms with Crippen molar-refractivity contribution in [1.82, 2.24) is 0 Å². The Bertz CT molecular complexity index is 577. The first-order valence-corrected chi connectivity index (χ1v) is 11.4. The third-order valence-electron chi connectivity index (χ3n) is 7.43. The van der Waals surface area contributed by atoms with Crippen molar-refractivity contribution in [2.45, 2.75) is 103 Å². The van der Waals surface area contributed by atoms with Gasteiger partial charge in [0.1, 0.15) is 0 Å². The van der Waals surface area contributed by atoms with Crippen molar-refractivity contribution in [1.29, 1.82) is 0 Å². The molecule has 0 spiro atoms. The molecule has 0 aromatic heterocycles. The van der Waals surface area contributed by atoms with Crippen LogP contribution in [-0.2, 0) is 10.2 Å². The number of fused-ring (bicyclic) bond motifs is 3. The van der Waals surface area contributed by atoms with E-state index in [-0.39, 0.29) is 5.97 Å². The Hall–Kier alpha value is -1.31. The number of rotatable bonds is 10. The Labute approximate surface area is 166 Å². The summed E-state index contributed by atoms with van der Waals surface area (Å²) < 4.78 is 5.40. The van der Waals surface area contributed by atoms with Crippen LogP contribution < -0.4 is 0 Å². The topological polar surface area (TPSA) is 26.3 Å². The monoisotopic (exact) mass is 370 g/mol. The first kappa shape index (κ1) is 20.4. The molecule has 1 aromatic rings. The molecule has 0 saturated heterocycles. The van der Waals surface area contributed by atoms with Crippen LogP contribution in [0.5, 0.6) is 0 Å². The second kappa shape index (κ2) is 9.26. The first-order valence-electron chi connectivity index (χ1n) is 11.4. The number of carbonyl (C=O) groups excluding carboxylic acids is 1. The molecule has 4 rings (SSSR count). The predicted octanol–water partition coefficient (Wildman–Crippen LogP) is 7.21. The van der Waals surface area contributed by atoms with Crippen LogP contribution in [0.1, 0.15) is 113 Å². The Morgan fingerprint density at radius 1 is 0.852 bits per heavy atom. The van der Waals surface area contributed by atoms with Crippen LogP contribution >= 0.6 is 0 Å². The molecule has 3 fully saturated rings. The first-order chi connectivity index (χ1) is 13.1. The molecule has 2 bridgehead atoms. The minimum atomic E-state index is -0.169. The van der Waals surface area contributed by atoms with Crippen molar-refractivity contribution in [2.24, 2.45) is 5.41 Å². The van der Waals surface area contributed by atoms with Crippen LogP contribution in [0, 0.1) is 5.41 Å². The lowest BCUT2D eigenvalue weighted by Gasteiger charge is -2.54. The predicted molar refractivity (Wildman–Crippen MR) is 112 cm³/mol. The van der Waals surface area contributed by atoms with Gasteiger partial charge in [-0.15, -0.1) is 0 Å². The van der Waals surface area contributed by atoms with Crippen LogP contribution in [0.4, 0.5) is 0 Å². The average Bonchev–Trinajstić information content (AvgIpc) is 2.73. The molecule has 0 radical (unpaired) electrons. The van der Waals surface area contributed by atoms with Crippen molar-refractivity contribution in [3.05, 3.63) is 35.4 Å². The molecule has 0 aliphatic heterocycles. The average molecular weight is 371 g/mol. The number of carbonyl (C=O) groups is 1. The number of ether oxygens (including phenoxy) is 1. The van der Waals surface area contributed by atoms with Gasteiger partial charge in [0.2, 0.25) is 0 Å². The van der Waals surface area contributed by atoms with E-state index in [2.05, 4.69) is 26.0 Å². The molecule has 3 saturated carbocycles. The van der Waals surface area contributed by atoms with E-state index in [1.54, 1.807) is 0 Å². The van der Waals surface area contributed by atoms with E-state index in [9.17, 15) is 4.79 Å². The van der Waals surface area contributed by atoms with E-state index < -0.39 is 0 Å². The Kier molecular flexibility index (Phi) is 7.00. The Morgan fingerprint density at radius 3 is 2.04 bits per heavy atom. The summed E-state index contributed by atoms with van der Waals surface area (Å²) in [4.78, 5) is 12.2. The lowest BCUT2D eigenvalue weighted by Crippen LogP contribution is -2.44. The van der Waals surface area contributed by atoms with E-state index in [0.717, 1.165) is 19.3 Å². The molecular weight excluding hydrogens is 332 g/mol. The molecule has 0 unspecified atom stereocenters. The lowest BCUT2D eigenvalue weighted by molar-refractivity contribution is 0.0305. The summed E-state index contributed by atoms with van der Waals surface area (Å²) in [6.07, 6.45) is 17.0. The van der Waals surface area contributed by atoms with Crippen LogP contribution in [0.3, 0.4) is 0 Å². The number of hydrogen-bond acceptors (Lipinski definition) is 2. The highest BCUT2D eigenvalue weighted by atomic mass is 16.5. The highest BCUT2D eigenvalue weighted by Gasteiger charge is 2.48. The quantitative estimate of drug-likeness (QED) is 0.321. The van der Waals surface area contributed by atoms with Crippen molar-refractivity contribution >= 4 is 5.97 Å². The van der Waals surface area contributed by atoms with Gasteiger partial charge in [-0.2, -0.15) is 0 Å². The van der Waals surface area contributed by atoms with Crippen molar-refractivity contribution in [3.63, 3.8) is 0 Å². The summed E-state index contributed by atoms with van der Waals surface area (Å²) in [5.41, 5.74) is 3.17. The van der Waals surface area contributed by atoms with E-state index in [1.807, 2.05) is 12.1 Å². The molecule has 0 N–H and O–H groups in total. The van der Waals surface area contributed by atoms with Gasteiger partial charge in [0, 0.05) is 0 Å². The summed E-state index contributed by atoms with van der Waals surface area (Å²) in [5.74, 6) is -0.169. The molecule has 2 nitrogen and oxygen atoms in total. The maximum atomic E-state index is 12.2. The molecule has 1 aromatic carbocycles. The number of hydrogen-bond donors (Lipinski definition) is 0. The summed E-state index contributed by atoms with van der Waals surface area (Å²) in [5, 5.41) is 0. The van der Waals surface area contributed by atoms with E-state index in [0.29, 0.717) is 23.0 Å². The van der Waals surface area contributed by atoms with Crippen LogP contribution in [0.2, 0.25) is 0 Å². The van der Waals surface area contributed by atoms with Gasteiger partial charge in [-0.3, -0.25) is 0 Å². The van der Waals surface area contributed by atoms with Crippen molar-refractivity contribution < 1.29 is 9.53 Å². The van der Waals surface area contributed by atoms with Gasteiger partial charge in [0.25, 0.3) is 0 Å². The maximum Gasteiger partial charge on any atom is 0.338 e. The molecule has 0 heterocycles. The number of esters is 1. The fourth-order valence-corrected chi connectivity index (χ4v) is 5.38. The highest BCUT2D eigenvalue weighted by Crippen LogP contribution is 2.59. The van der Waals surface area contributed by atoms with Crippen LogP contribution in [-0.4, -0.2) is 12.6 Å². The van der Waals surface area contributed by atoms with Gasteiger partial charge < -0.3 is 4.74 Å². The second-order valence-corrected chi connectivity index (χ2v) is 9.16. The third-order valence-corrected chi connectivity index (χ3v) is 7.43. The summed E-state index contributed by atoms with van der Waals surface area (Å²) in [6.45, 7) is 5.00. The smallest absolute Gasteiger partial charge is 0.338 e. The van der Waals surface area contributed by atoms with Gasteiger partial charge in [0.05, 0.1) is 12.2 Å². The minimum absolute atomic E-state index is 0.169. The maximum absolute atomic E-state index is 12.2.